The zero-order valence-electron chi connectivity index (χ0n) is 14.5. The van der Waals surface area contributed by atoms with Crippen molar-refractivity contribution in [3.63, 3.8) is 0 Å². The Labute approximate surface area is 137 Å². The number of methoxy groups -OCH3 is 1. The Balaban J connectivity index is 2.44. The number of hydrogen-bond acceptors (Lipinski definition) is 5. The minimum absolute atomic E-state index is 0.0649. The highest BCUT2D eigenvalue weighted by molar-refractivity contribution is 5.90. The number of rotatable bonds is 6. The molecule has 0 saturated carbocycles. The number of amides is 1. The second-order valence-electron chi connectivity index (χ2n) is 6.58. The maximum atomic E-state index is 12.1. The summed E-state index contributed by atoms with van der Waals surface area (Å²) in [6.45, 7) is 5.83. The molecule has 0 aliphatic carbocycles. The molecule has 6 nitrogen and oxygen atoms in total. The fourth-order valence-electron chi connectivity index (χ4n) is 2.33. The van der Waals surface area contributed by atoms with Gasteiger partial charge in [-0.05, 0) is 40.0 Å². The standard InChI is InChI=1S/C17H27NO5/c1-17(2,3)23-16(21)18-12-11-14(19)13(18)9-7-5-6-8-10-15(20)22-4/h5,7,13H,6,8-12H2,1-4H3. The molecule has 1 aliphatic heterocycles. The van der Waals surface area contributed by atoms with E-state index in [1.165, 1.54) is 12.0 Å². The van der Waals surface area contributed by atoms with E-state index in [4.69, 9.17) is 4.74 Å². The molecule has 1 unspecified atom stereocenters. The van der Waals surface area contributed by atoms with E-state index in [1.807, 2.05) is 12.2 Å². The van der Waals surface area contributed by atoms with Crippen molar-refractivity contribution in [1.29, 1.82) is 0 Å². The third kappa shape index (κ3) is 6.84. The largest absolute Gasteiger partial charge is 0.469 e. The lowest BCUT2D eigenvalue weighted by molar-refractivity contribution is -0.140. The molecule has 23 heavy (non-hydrogen) atoms. The molecular weight excluding hydrogens is 298 g/mol. The van der Waals surface area contributed by atoms with E-state index in [0.29, 0.717) is 32.2 Å². The molecule has 1 saturated heterocycles. The SMILES string of the molecule is COC(=O)CCCC=CCC1C(=O)CCN1C(=O)OC(C)(C)C. The van der Waals surface area contributed by atoms with Crippen LogP contribution in [0.2, 0.25) is 0 Å². The molecule has 0 radical (unpaired) electrons. The number of ether oxygens (including phenoxy) is 2. The summed E-state index contributed by atoms with van der Waals surface area (Å²) in [7, 11) is 1.37. The van der Waals surface area contributed by atoms with Gasteiger partial charge in [-0.25, -0.2) is 4.79 Å². The summed E-state index contributed by atoms with van der Waals surface area (Å²) in [4.78, 5) is 36.6. The van der Waals surface area contributed by atoms with E-state index in [0.717, 1.165) is 6.42 Å². The highest BCUT2D eigenvalue weighted by atomic mass is 16.6. The fraction of sp³-hybridized carbons (Fsp3) is 0.706. The maximum Gasteiger partial charge on any atom is 0.410 e. The predicted octanol–water partition coefficient (Wildman–Crippen LogP) is 2.85. The zero-order chi connectivity index (χ0) is 17.5. The van der Waals surface area contributed by atoms with Crippen molar-refractivity contribution >= 4 is 17.8 Å². The third-order valence-corrected chi connectivity index (χ3v) is 3.48. The molecule has 1 aliphatic rings. The highest BCUT2D eigenvalue weighted by Gasteiger charge is 2.36. The molecular formula is C17H27NO5. The van der Waals surface area contributed by atoms with Gasteiger partial charge >= 0.3 is 12.1 Å². The van der Waals surface area contributed by atoms with Crippen LogP contribution in [0.15, 0.2) is 12.2 Å². The van der Waals surface area contributed by atoms with Crippen molar-refractivity contribution in [3.8, 4) is 0 Å². The van der Waals surface area contributed by atoms with E-state index in [1.54, 1.807) is 20.8 Å². The van der Waals surface area contributed by atoms with E-state index in [9.17, 15) is 14.4 Å². The number of unbranched alkanes of at least 4 members (excludes halogenated alkanes) is 1. The Morgan fingerprint density at radius 1 is 1.30 bits per heavy atom. The van der Waals surface area contributed by atoms with E-state index in [-0.39, 0.29) is 11.8 Å². The lowest BCUT2D eigenvalue weighted by Crippen LogP contribution is -2.41. The minimum Gasteiger partial charge on any atom is -0.469 e. The van der Waals surface area contributed by atoms with Gasteiger partial charge in [0.05, 0.1) is 13.2 Å². The minimum atomic E-state index is -0.572. The Morgan fingerprint density at radius 3 is 2.61 bits per heavy atom. The molecule has 1 fully saturated rings. The number of esters is 1. The first-order valence-corrected chi connectivity index (χ1v) is 7.98. The van der Waals surface area contributed by atoms with Crippen LogP contribution in [-0.4, -0.2) is 48.0 Å². The number of hydrogen-bond donors (Lipinski definition) is 0. The molecule has 1 rings (SSSR count). The van der Waals surface area contributed by atoms with Crippen molar-refractivity contribution in [2.75, 3.05) is 13.7 Å². The fourth-order valence-corrected chi connectivity index (χ4v) is 2.33. The maximum absolute atomic E-state index is 12.1. The molecule has 0 N–H and O–H groups in total. The van der Waals surface area contributed by atoms with Crippen LogP contribution < -0.4 is 0 Å². The Kier molecular flexibility index (Phi) is 7.26. The molecule has 0 spiro atoms. The molecule has 0 aromatic carbocycles. The lowest BCUT2D eigenvalue weighted by Gasteiger charge is -2.27. The number of ketones is 1. The second kappa shape index (κ2) is 8.70. The van der Waals surface area contributed by atoms with Crippen LogP contribution in [0.1, 0.15) is 52.9 Å². The smallest absolute Gasteiger partial charge is 0.410 e. The topological polar surface area (TPSA) is 72.9 Å². The lowest BCUT2D eigenvalue weighted by atomic mass is 10.1. The molecule has 0 aromatic heterocycles. The zero-order valence-corrected chi connectivity index (χ0v) is 14.5. The molecule has 0 aromatic rings. The summed E-state index contributed by atoms with van der Waals surface area (Å²) < 4.78 is 9.91. The number of nitrogens with zero attached hydrogens (tertiary/aromatic N) is 1. The van der Waals surface area contributed by atoms with Gasteiger partial charge < -0.3 is 9.47 Å². The molecule has 1 heterocycles. The van der Waals surface area contributed by atoms with Gasteiger partial charge in [-0.2, -0.15) is 0 Å². The molecule has 0 bridgehead atoms. The summed E-state index contributed by atoms with van der Waals surface area (Å²) in [6.07, 6.45) is 6.07. The summed E-state index contributed by atoms with van der Waals surface area (Å²) in [6, 6.07) is -0.443. The highest BCUT2D eigenvalue weighted by Crippen LogP contribution is 2.21. The quantitative estimate of drug-likeness (QED) is 0.426. The summed E-state index contributed by atoms with van der Waals surface area (Å²) in [5, 5.41) is 0. The normalized spacial score (nSPS) is 18.5. The van der Waals surface area contributed by atoms with Crippen LogP contribution in [0, 0.1) is 0 Å². The van der Waals surface area contributed by atoms with Gasteiger partial charge in [-0.3, -0.25) is 14.5 Å². The third-order valence-electron chi connectivity index (χ3n) is 3.48. The Morgan fingerprint density at radius 2 is 2.00 bits per heavy atom. The van der Waals surface area contributed by atoms with Crippen molar-refractivity contribution in [3.05, 3.63) is 12.2 Å². The first-order valence-electron chi connectivity index (χ1n) is 7.98. The van der Waals surface area contributed by atoms with Gasteiger partial charge in [0.2, 0.25) is 0 Å². The number of allylic oxidation sites excluding steroid dienone is 1. The Hall–Kier alpha value is -1.85. The monoisotopic (exact) mass is 325 g/mol. The van der Waals surface area contributed by atoms with E-state index in [2.05, 4.69) is 4.74 Å². The van der Waals surface area contributed by atoms with Gasteiger partial charge in [0.15, 0.2) is 5.78 Å². The molecule has 1 amide bonds. The van der Waals surface area contributed by atoms with E-state index >= 15 is 0 Å². The van der Waals surface area contributed by atoms with Crippen molar-refractivity contribution in [2.24, 2.45) is 0 Å². The van der Waals surface area contributed by atoms with Crippen molar-refractivity contribution in [1.82, 2.24) is 4.90 Å². The number of carbonyl (C=O) groups is 3. The van der Waals surface area contributed by atoms with Crippen LogP contribution in [0.5, 0.6) is 0 Å². The average molecular weight is 325 g/mol. The van der Waals surface area contributed by atoms with Gasteiger partial charge in [0.25, 0.3) is 0 Å². The summed E-state index contributed by atoms with van der Waals surface area (Å²) in [5.74, 6) is -0.157. The predicted molar refractivity (Wildman–Crippen MR) is 86.0 cm³/mol. The van der Waals surface area contributed by atoms with Gasteiger partial charge in [-0.15, -0.1) is 0 Å². The second-order valence-corrected chi connectivity index (χ2v) is 6.58. The molecule has 130 valence electrons. The first-order chi connectivity index (χ1) is 10.7. The number of carbonyl (C=O) groups excluding carboxylic acids is 3. The van der Waals surface area contributed by atoms with Crippen molar-refractivity contribution < 1.29 is 23.9 Å². The number of Topliss-reactive ketones (excluding diaryl/α,β-unsaturated/α-hetero) is 1. The summed E-state index contributed by atoms with van der Waals surface area (Å²) in [5.41, 5.74) is -0.572. The van der Waals surface area contributed by atoms with E-state index < -0.39 is 17.7 Å². The van der Waals surface area contributed by atoms with Gasteiger partial charge in [0.1, 0.15) is 5.60 Å². The summed E-state index contributed by atoms with van der Waals surface area (Å²) >= 11 is 0. The van der Waals surface area contributed by atoms with Crippen LogP contribution in [-0.2, 0) is 19.1 Å². The average Bonchev–Trinajstić information content (AvgIpc) is 2.82. The van der Waals surface area contributed by atoms with Gasteiger partial charge in [-0.1, -0.05) is 12.2 Å². The van der Waals surface area contributed by atoms with Crippen LogP contribution >= 0.6 is 0 Å². The van der Waals surface area contributed by atoms with Gasteiger partial charge in [0, 0.05) is 19.4 Å². The molecule has 6 heteroatoms. The van der Waals surface area contributed by atoms with Crippen molar-refractivity contribution in [2.45, 2.75) is 64.5 Å². The van der Waals surface area contributed by atoms with Crippen LogP contribution in [0.4, 0.5) is 4.79 Å². The number of likely N-dealkylation sites (tertiary alicyclic amines) is 1. The Bertz CT molecular complexity index is 464. The van der Waals surface area contributed by atoms with Crippen LogP contribution in [0.25, 0.3) is 0 Å². The first kappa shape index (κ1) is 19.2. The molecule has 1 atom stereocenters. The van der Waals surface area contributed by atoms with Crippen LogP contribution in [0.3, 0.4) is 0 Å².